The number of fused-ring (bicyclic) bond motifs is 1. The van der Waals surface area contributed by atoms with Crippen LogP contribution in [0.1, 0.15) is 32.1 Å². The molecule has 0 bridgehead atoms. The number of nitrogens with one attached hydrogen (secondary N) is 2. The van der Waals surface area contributed by atoms with Crippen LogP contribution in [0.4, 0.5) is 5.69 Å². The summed E-state index contributed by atoms with van der Waals surface area (Å²) in [5.41, 5.74) is 1.66. The lowest BCUT2D eigenvalue weighted by Crippen LogP contribution is -2.51. The third-order valence-corrected chi connectivity index (χ3v) is 6.09. The number of aromatic amines is 1. The molecule has 2 aromatic rings. The zero-order chi connectivity index (χ0) is 21.1. The van der Waals surface area contributed by atoms with E-state index in [1.54, 1.807) is 11.0 Å². The Labute approximate surface area is 181 Å². The number of piperidine rings is 1. The highest BCUT2D eigenvalue weighted by Crippen LogP contribution is 2.26. The molecule has 7 nitrogen and oxygen atoms in total. The van der Waals surface area contributed by atoms with Crippen LogP contribution in [0.2, 0.25) is 0 Å². The van der Waals surface area contributed by atoms with Gasteiger partial charge in [0.05, 0.1) is 6.42 Å². The van der Waals surface area contributed by atoms with Crippen LogP contribution in [0, 0.1) is 0 Å². The first kappa shape index (κ1) is 20.6. The standard InChI is InChI=1S/C22H27N5O2S/c1-2-3-13-26-21(29)19(27(22(26)30)25-11-5-4-6-12-25)15-20(28)24-17-8-7-16-9-10-23-18(16)14-17/h2,7-10,14,19,23H,1,3-6,11-13,15H2,(H,24,28). The summed E-state index contributed by atoms with van der Waals surface area (Å²) in [5, 5.41) is 8.53. The Kier molecular flexibility index (Phi) is 6.15. The lowest BCUT2D eigenvalue weighted by Gasteiger charge is -2.38. The number of aromatic nitrogens is 1. The number of carbonyl (C=O) groups excluding carboxylic acids is 2. The van der Waals surface area contributed by atoms with Crippen LogP contribution in [-0.4, -0.2) is 62.5 Å². The normalized spacial score (nSPS) is 20.2. The third-order valence-electron chi connectivity index (χ3n) is 5.68. The number of thiocarbonyl (C=S) groups is 1. The molecular formula is C22H27N5O2S. The molecular weight excluding hydrogens is 398 g/mol. The van der Waals surface area contributed by atoms with Gasteiger partial charge in [0.25, 0.3) is 5.91 Å². The van der Waals surface area contributed by atoms with Crippen molar-refractivity contribution in [3.63, 3.8) is 0 Å². The molecule has 0 radical (unpaired) electrons. The molecule has 2 aliphatic rings. The molecule has 3 heterocycles. The molecule has 0 spiro atoms. The molecule has 1 aromatic carbocycles. The van der Waals surface area contributed by atoms with E-state index in [0.29, 0.717) is 23.8 Å². The van der Waals surface area contributed by atoms with Crippen molar-refractivity contribution in [1.29, 1.82) is 0 Å². The summed E-state index contributed by atoms with van der Waals surface area (Å²) in [4.78, 5) is 30.8. The third kappa shape index (κ3) is 4.11. The second-order valence-corrected chi connectivity index (χ2v) is 8.12. The quantitative estimate of drug-likeness (QED) is 0.526. The average Bonchev–Trinajstić information content (AvgIpc) is 3.30. The average molecular weight is 426 g/mol. The number of anilines is 1. The molecule has 30 heavy (non-hydrogen) atoms. The Morgan fingerprint density at radius 1 is 1.27 bits per heavy atom. The molecule has 2 amide bonds. The Bertz CT molecular complexity index is 965. The van der Waals surface area contributed by atoms with Gasteiger partial charge in [0.1, 0.15) is 6.04 Å². The highest BCUT2D eigenvalue weighted by molar-refractivity contribution is 7.80. The number of H-pyrrole nitrogens is 1. The molecule has 1 aromatic heterocycles. The van der Waals surface area contributed by atoms with Crippen LogP contribution < -0.4 is 5.32 Å². The number of hydrazine groups is 1. The second kappa shape index (κ2) is 8.97. The van der Waals surface area contributed by atoms with Crippen molar-refractivity contribution in [2.75, 3.05) is 25.0 Å². The maximum absolute atomic E-state index is 13.2. The van der Waals surface area contributed by atoms with Crippen LogP contribution in [0.25, 0.3) is 10.9 Å². The number of amides is 2. The second-order valence-electron chi connectivity index (χ2n) is 7.76. The zero-order valence-electron chi connectivity index (χ0n) is 17.0. The predicted molar refractivity (Wildman–Crippen MR) is 122 cm³/mol. The Morgan fingerprint density at radius 2 is 2.07 bits per heavy atom. The first-order valence-corrected chi connectivity index (χ1v) is 10.9. The largest absolute Gasteiger partial charge is 0.361 e. The molecule has 2 fully saturated rings. The predicted octanol–water partition coefficient (Wildman–Crippen LogP) is 3.27. The first-order valence-electron chi connectivity index (χ1n) is 10.5. The summed E-state index contributed by atoms with van der Waals surface area (Å²) in [6.45, 7) is 5.94. The van der Waals surface area contributed by atoms with Gasteiger partial charge in [-0.05, 0) is 55.1 Å². The maximum atomic E-state index is 13.2. The molecule has 4 rings (SSSR count). The van der Waals surface area contributed by atoms with E-state index in [4.69, 9.17) is 12.2 Å². The molecule has 2 N–H and O–H groups in total. The Hall–Kier alpha value is -2.71. The minimum atomic E-state index is -0.602. The van der Waals surface area contributed by atoms with E-state index in [0.717, 1.165) is 36.8 Å². The lowest BCUT2D eigenvalue weighted by atomic mass is 10.1. The van der Waals surface area contributed by atoms with Gasteiger partial charge in [0.2, 0.25) is 5.91 Å². The maximum Gasteiger partial charge on any atom is 0.253 e. The number of benzene rings is 1. The summed E-state index contributed by atoms with van der Waals surface area (Å²) in [6.07, 6.45) is 7.67. The fourth-order valence-electron chi connectivity index (χ4n) is 4.16. The first-order chi connectivity index (χ1) is 14.6. The fraction of sp³-hybridized carbons (Fsp3) is 0.409. The van der Waals surface area contributed by atoms with Crippen molar-refractivity contribution in [3.05, 3.63) is 43.1 Å². The van der Waals surface area contributed by atoms with Gasteiger partial charge in [-0.2, -0.15) is 0 Å². The molecule has 1 unspecified atom stereocenters. The van der Waals surface area contributed by atoms with Crippen molar-refractivity contribution < 1.29 is 9.59 Å². The van der Waals surface area contributed by atoms with Crippen molar-refractivity contribution in [2.24, 2.45) is 0 Å². The van der Waals surface area contributed by atoms with Gasteiger partial charge in [-0.15, -0.1) is 6.58 Å². The number of hydrogen-bond donors (Lipinski definition) is 2. The van der Waals surface area contributed by atoms with Gasteiger partial charge in [0.15, 0.2) is 5.11 Å². The zero-order valence-corrected chi connectivity index (χ0v) is 17.8. The molecule has 8 heteroatoms. The minimum absolute atomic E-state index is 0.0584. The van der Waals surface area contributed by atoms with Gasteiger partial charge in [-0.3, -0.25) is 19.5 Å². The summed E-state index contributed by atoms with van der Waals surface area (Å²) in [5.74, 6) is -0.308. The lowest BCUT2D eigenvalue weighted by molar-refractivity contribution is -0.133. The van der Waals surface area contributed by atoms with Gasteiger partial charge in [-0.25, -0.2) is 5.01 Å². The van der Waals surface area contributed by atoms with E-state index in [9.17, 15) is 9.59 Å². The molecule has 2 saturated heterocycles. The molecule has 0 saturated carbocycles. The summed E-state index contributed by atoms with van der Waals surface area (Å²) in [6, 6.07) is 7.10. The van der Waals surface area contributed by atoms with Crippen molar-refractivity contribution >= 4 is 45.7 Å². The highest BCUT2D eigenvalue weighted by atomic mass is 32.1. The smallest absolute Gasteiger partial charge is 0.253 e. The van der Waals surface area contributed by atoms with E-state index < -0.39 is 6.04 Å². The van der Waals surface area contributed by atoms with Crippen LogP contribution in [0.5, 0.6) is 0 Å². The van der Waals surface area contributed by atoms with Crippen LogP contribution >= 0.6 is 12.2 Å². The van der Waals surface area contributed by atoms with Crippen LogP contribution in [0.3, 0.4) is 0 Å². The van der Waals surface area contributed by atoms with E-state index in [-0.39, 0.29) is 18.2 Å². The topological polar surface area (TPSA) is 71.7 Å². The number of carbonyl (C=O) groups is 2. The summed E-state index contributed by atoms with van der Waals surface area (Å²) >= 11 is 5.66. The van der Waals surface area contributed by atoms with Crippen molar-refractivity contribution in [3.8, 4) is 0 Å². The number of nitrogens with zero attached hydrogens (tertiary/aromatic N) is 3. The van der Waals surface area contributed by atoms with Gasteiger partial charge >= 0.3 is 0 Å². The van der Waals surface area contributed by atoms with Crippen molar-refractivity contribution in [2.45, 2.75) is 38.1 Å². The van der Waals surface area contributed by atoms with E-state index in [1.807, 2.05) is 35.5 Å². The van der Waals surface area contributed by atoms with Crippen molar-refractivity contribution in [1.82, 2.24) is 19.9 Å². The van der Waals surface area contributed by atoms with E-state index in [2.05, 4.69) is 21.9 Å². The molecule has 1 atom stereocenters. The van der Waals surface area contributed by atoms with Gasteiger partial charge in [0, 0.05) is 37.0 Å². The van der Waals surface area contributed by atoms with E-state index in [1.165, 1.54) is 6.42 Å². The highest BCUT2D eigenvalue weighted by Gasteiger charge is 2.45. The monoisotopic (exact) mass is 425 g/mol. The Morgan fingerprint density at radius 3 is 2.83 bits per heavy atom. The number of rotatable bonds is 7. The van der Waals surface area contributed by atoms with Crippen LogP contribution in [0.15, 0.2) is 43.1 Å². The van der Waals surface area contributed by atoms with Gasteiger partial charge in [-0.1, -0.05) is 18.6 Å². The Balaban J connectivity index is 1.50. The SMILES string of the molecule is C=CCCN1C(=O)C(CC(=O)Nc2ccc3cc[nH]c3c2)N(N2CCCCC2)C1=S. The number of hydrogen-bond acceptors (Lipinski definition) is 4. The summed E-state index contributed by atoms with van der Waals surface area (Å²) < 4.78 is 0. The summed E-state index contributed by atoms with van der Waals surface area (Å²) in [7, 11) is 0. The van der Waals surface area contributed by atoms with E-state index >= 15 is 0 Å². The molecule has 2 aliphatic heterocycles. The van der Waals surface area contributed by atoms with Gasteiger partial charge < -0.3 is 10.3 Å². The molecule has 0 aliphatic carbocycles. The molecule has 158 valence electrons. The fourth-order valence-corrected chi connectivity index (χ4v) is 4.58. The van der Waals surface area contributed by atoms with Crippen LogP contribution in [-0.2, 0) is 9.59 Å². The minimum Gasteiger partial charge on any atom is -0.361 e.